The van der Waals surface area contributed by atoms with Crippen LogP contribution in [0.5, 0.6) is 5.75 Å². The van der Waals surface area contributed by atoms with Crippen molar-refractivity contribution in [3.05, 3.63) is 54.4 Å². The molecule has 1 saturated heterocycles. The van der Waals surface area contributed by atoms with Crippen LogP contribution >= 0.6 is 0 Å². The first-order chi connectivity index (χ1) is 14.2. The van der Waals surface area contributed by atoms with E-state index in [1.54, 1.807) is 24.3 Å². The van der Waals surface area contributed by atoms with E-state index < -0.39 is 0 Å². The van der Waals surface area contributed by atoms with Gasteiger partial charge >= 0.3 is 0 Å². The lowest BCUT2D eigenvalue weighted by Gasteiger charge is -2.27. The molecule has 0 unspecified atom stereocenters. The fourth-order valence-electron chi connectivity index (χ4n) is 3.50. The van der Waals surface area contributed by atoms with Crippen molar-refractivity contribution < 1.29 is 9.84 Å². The van der Waals surface area contributed by atoms with E-state index in [-0.39, 0.29) is 5.75 Å². The molecular formula is C21H20N6O2. The lowest BCUT2D eigenvalue weighted by Crippen LogP contribution is -2.37. The summed E-state index contributed by atoms with van der Waals surface area (Å²) in [6.45, 7) is 4.67. The fourth-order valence-corrected chi connectivity index (χ4v) is 3.50. The molecule has 0 aliphatic carbocycles. The van der Waals surface area contributed by atoms with Crippen molar-refractivity contribution in [2.24, 2.45) is 0 Å². The minimum absolute atomic E-state index is 0.202. The molecule has 1 N–H and O–H groups in total. The lowest BCUT2D eigenvalue weighted by molar-refractivity contribution is 0.122. The van der Waals surface area contributed by atoms with E-state index >= 15 is 0 Å². The number of morpholine rings is 1. The molecule has 2 aromatic carbocycles. The summed E-state index contributed by atoms with van der Waals surface area (Å²) < 4.78 is 7.42. The van der Waals surface area contributed by atoms with E-state index in [9.17, 15) is 5.11 Å². The minimum Gasteiger partial charge on any atom is -0.508 e. The van der Waals surface area contributed by atoms with Crippen LogP contribution in [0.1, 0.15) is 5.82 Å². The van der Waals surface area contributed by atoms with Crippen molar-refractivity contribution in [2.75, 3.05) is 31.2 Å². The first-order valence-electron chi connectivity index (χ1n) is 9.52. The molecule has 0 radical (unpaired) electrons. The number of phenols is 1. The Morgan fingerprint density at radius 1 is 0.862 bits per heavy atom. The molecule has 1 aliphatic rings. The molecule has 1 aliphatic heterocycles. The van der Waals surface area contributed by atoms with Crippen LogP contribution < -0.4 is 4.90 Å². The van der Waals surface area contributed by atoms with Gasteiger partial charge in [0.05, 0.1) is 24.2 Å². The zero-order chi connectivity index (χ0) is 19.8. The van der Waals surface area contributed by atoms with Gasteiger partial charge in [0, 0.05) is 18.7 Å². The van der Waals surface area contributed by atoms with Crippen LogP contribution in [-0.2, 0) is 4.74 Å². The predicted molar refractivity (Wildman–Crippen MR) is 109 cm³/mol. The Bertz CT molecular complexity index is 1170. The van der Waals surface area contributed by atoms with Gasteiger partial charge in [0.2, 0.25) is 11.9 Å². The van der Waals surface area contributed by atoms with Gasteiger partial charge in [-0.2, -0.15) is 15.0 Å². The number of anilines is 1. The molecule has 4 aromatic rings. The van der Waals surface area contributed by atoms with Gasteiger partial charge in [-0.25, -0.2) is 4.98 Å². The molecule has 146 valence electrons. The lowest BCUT2D eigenvalue weighted by atomic mass is 10.2. The van der Waals surface area contributed by atoms with E-state index in [2.05, 4.69) is 9.88 Å². The highest BCUT2D eigenvalue weighted by Crippen LogP contribution is 2.25. The summed E-state index contributed by atoms with van der Waals surface area (Å²) in [6, 6.07) is 14.8. The highest BCUT2D eigenvalue weighted by molar-refractivity contribution is 5.77. The van der Waals surface area contributed by atoms with Crippen LogP contribution in [-0.4, -0.2) is 55.9 Å². The molecule has 3 heterocycles. The topological polar surface area (TPSA) is 89.2 Å². The molecule has 0 bridgehead atoms. The van der Waals surface area contributed by atoms with E-state index in [1.165, 1.54) is 0 Å². The van der Waals surface area contributed by atoms with E-state index in [0.717, 1.165) is 35.5 Å². The summed E-state index contributed by atoms with van der Waals surface area (Å²) in [5, 5.41) is 9.63. The minimum atomic E-state index is 0.202. The normalized spacial score (nSPS) is 14.4. The maximum atomic E-state index is 9.63. The number of aromatic hydroxyl groups is 1. The van der Waals surface area contributed by atoms with Crippen molar-refractivity contribution in [2.45, 2.75) is 6.92 Å². The summed E-state index contributed by atoms with van der Waals surface area (Å²) in [4.78, 5) is 21.0. The Balaban J connectivity index is 1.70. The Labute approximate surface area is 167 Å². The first kappa shape index (κ1) is 17.6. The standard InChI is InChI=1S/C21H20N6O2/c1-14-22-17-4-2-3-5-18(17)27(14)21-24-19(15-6-8-16(28)9-7-15)23-20(25-21)26-10-12-29-13-11-26/h2-9,28H,10-13H2,1H3. The van der Waals surface area contributed by atoms with Crippen molar-refractivity contribution in [1.29, 1.82) is 0 Å². The Kier molecular flexibility index (Phi) is 4.33. The third-order valence-corrected chi connectivity index (χ3v) is 4.96. The summed E-state index contributed by atoms with van der Waals surface area (Å²) in [6.07, 6.45) is 0. The molecule has 0 spiro atoms. The van der Waals surface area contributed by atoms with Crippen LogP contribution in [0.3, 0.4) is 0 Å². The molecule has 0 amide bonds. The van der Waals surface area contributed by atoms with Crippen molar-refractivity contribution in [1.82, 2.24) is 24.5 Å². The second kappa shape index (κ2) is 7.14. The van der Waals surface area contributed by atoms with Gasteiger partial charge in [-0.3, -0.25) is 4.57 Å². The van der Waals surface area contributed by atoms with E-state index in [0.29, 0.717) is 30.9 Å². The maximum Gasteiger partial charge on any atom is 0.241 e. The monoisotopic (exact) mass is 388 g/mol. The van der Waals surface area contributed by atoms with Crippen molar-refractivity contribution >= 4 is 17.0 Å². The molecule has 8 nitrogen and oxygen atoms in total. The predicted octanol–water partition coefficient (Wildman–Crippen LogP) is 2.73. The molecular weight excluding hydrogens is 368 g/mol. The molecule has 29 heavy (non-hydrogen) atoms. The van der Waals surface area contributed by atoms with Crippen molar-refractivity contribution in [3.8, 4) is 23.1 Å². The number of aryl methyl sites for hydroxylation is 1. The summed E-state index contributed by atoms with van der Waals surface area (Å²) in [5.41, 5.74) is 2.65. The van der Waals surface area contributed by atoms with E-state index in [1.807, 2.05) is 35.8 Å². The summed E-state index contributed by atoms with van der Waals surface area (Å²) in [5.74, 6) is 2.69. The molecule has 8 heteroatoms. The van der Waals surface area contributed by atoms with Gasteiger partial charge in [0.1, 0.15) is 11.6 Å². The average Bonchev–Trinajstić information content (AvgIpc) is 3.10. The number of ether oxygens (including phenoxy) is 1. The van der Waals surface area contributed by atoms with Crippen LogP contribution in [0.15, 0.2) is 48.5 Å². The number of nitrogens with zero attached hydrogens (tertiary/aromatic N) is 6. The SMILES string of the molecule is Cc1nc2ccccc2n1-c1nc(-c2ccc(O)cc2)nc(N2CCOCC2)n1. The number of para-hydroxylation sites is 2. The third kappa shape index (κ3) is 3.27. The zero-order valence-electron chi connectivity index (χ0n) is 16.0. The van der Waals surface area contributed by atoms with Crippen LogP contribution in [0.25, 0.3) is 28.4 Å². The number of rotatable bonds is 3. The smallest absolute Gasteiger partial charge is 0.241 e. The second-order valence-corrected chi connectivity index (χ2v) is 6.89. The highest BCUT2D eigenvalue weighted by atomic mass is 16.5. The van der Waals surface area contributed by atoms with Gasteiger partial charge in [0.25, 0.3) is 0 Å². The largest absolute Gasteiger partial charge is 0.508 e. The quantitative estimate of drug-likeness (QED) is 0.577. The number of benzene rings is 2. The molecule has 2 aromatic heterocycles. The Morgan fingerprint density at radius 2 is 1.59 bits per heavy atom. The van der Waals surface area contributed by atoms with Crippen LogP contribution in [0, 0.1) is 6.92 Å². The average molecular weight is 388 g/mol. The van der Waals surface area contributed by atoms with Gasteiger partial charge < -0.3 is 14.7 Å². The van der Waals surface area contributed by atoms with Crippen molar-refractivity contribution in [3.63, 3.8) is 0 Å². The first-order valence-corrected chi connectivity index (χ1v) is 9.52. The molecule has 5 rings (SSSR count). The van der Waals surface area contributed by atoms with Gasteiger partial charge in [-0.1, -0.05) is 12.1 Å². The zero-order valence-corrected chi connectivity index (χ0v) is 16.0. The number of fused-ring (bicyclic) bond motifs is 1. The summed E-state index contributed by atoms with van der Waals surface area (Å²) >= 11 is 0. The fraction of sp³-hybridized carbons (Fsp3) is 0.238. The number of aromatic nitrogens is 5. The van der Waals surface area contributed by atoms with Crippen LogP contribution in [0.4, 0.5) is 5.95 Å². The maximum absolute atomic E-state index is 9.63. The summed E-state index contributed by atoms with van der Waals surface area (Å²) in [7, 11) is 0. The number of hydrogen-bond donors (Lipinski definition) is 1. The number of hydrogen-bond acceptors (Lipinski definition) is 7. The van der Waals surface area contributed by atoms with E-state index in [4.69, 9.17) is 19.7 Å². The Morgan fingerprint density at radius 3 is 2.38 bits per heavy atom. The van der Waals surface area contributed by atoms with Gasteiger partial charge in [0.15, 0.2) is 5.82 Å². The van der Waals surface area contributed by atoms with Gasteiger partial charge in [-0.05, 0) is 43.3 Å². The number of phenolic OH excluding ortho intramolecular Hbond substituents is 1. The molecule has 0 atom stereocenters. The Hall–Kier alpha value is -3.52. The molecule has 1 fully saturated rings. The highest BCUT2D eigenvalue weighted by Gasteiger charge is 2.20. The number of imidazole rings is 1. The second-order valence-electron chi connectivity index (χ2n) is 6.89. The molecule has 0 saturated carbocycles. The van der Waals surface area contributed by atoms with Gasteiger partial charge in [-0.15, -0.1) is 0 Å². The van der Waals surface area contributed by atoms with Crippen LogP contribution in [0.2, 0.25) is 0 Å². The third-order valence-electron chi connectivity index (χ3n) is 4.96.